The average molecular weight is 276 g/mol. The number of hydrogen-bond acceptors (Lipinski definition) is 5. The smallest absolute Gasteiger partial charge is 0.220 e. The van der Waals surface area contributed by atoms with Crippen LogP contribution in [0, 0.1) is 6.92 Å². The molecule has 0 amide bonds. The second-order valence-corrected chi connectivity index (χ2v) is 6.89. The first-order chi connectivity index (χ1) is 8.14. The Morgan fingerprint density at radius 2 is 2.11 bits per heavy atom. The van der Waals surface area contributed by atoms with Gasteiger partial charge in [0.25, 0.3) is 0 Å². The molecule has 0 aliphatic carbocycles. The van der Waals surface area contributed by atoms with Crippen molar-refractivity contribution < 1.29 is 18.0 Å². The van der Waals surface area contributed by atoms with Gasteiger partial charge in [0.05, 0.1) is 5.60 Å². The number of sulfonamides is 1. The van der Waals surface area contributed by atoms with Gasteiger partial charge in [-0.1, -0.05) is 12.1 Å². The van der Waals surface area contributed by atoms with Crippen LogP contribution in [0.1, 0.15) is 32.2 Å². The van der Waals surface area contributed by atoms with Crippen LogP contribution < -0.4 is 0 Å². The largest absolute Gasteiger partial charge is 0.389 e. The Hall–Kier alpha value is -0.920. The fourth-order valence-electron chi connectivity index (χ4n) is 1.60. The fraction of sp³-hybridized carbons (Fsp3) is 0.727. The van der Waals surface area contributed by atoms with E-state index >= 15 is 0 Å². The molecule has 1 N–H and O–H groups in total. The molecule has 0 unspecified atom stereocenters. The summed E-state index contributed by atoms with van der Waals surface area (Å²) in [5.74, 6) is 0.361. The third-order valence-electron chi connectivity index (χ3n) is 2.32. The van der Waals surface area contributed by atoms with Crippen molar-refractivity contribution in [3.05, 3.63) is 17.5 Å². The standard InChI is InChI=1S/C11H20N2O4S/c1-5-13(8-11(3,4)14)18(15,16)7-10-6-9(2)17-12-10/h6,14H,5,7-8H2,1-4H3. The molecule has 7 heteroatoms. The second kappa shape index (κ2) is 5.38. The quantitative estimate of drug-likeness (QED) is 0.834. The van der Waals surface area contributed by atoms with Crippen molar-refractivity contribution in [1.82, 2.24) is 9.46 Å². The first kappa shape index (κ1) is 15.1. The molecule has 0 aliphatic heterocycles. The lowest BCUT2D eigenvalue weighted by Gasteiger charge is -2.27. The summed E-state index contributed by atoms with van der Waals surface area (Å²) in [5.41, 5.74) is -0.690. The minimum absolute atomic E-state index is 0.0582. The predicted molar refractivity (Wildman–Crippen MR) is 67.4 cm³/mol. The van der Waals surface area contributed by atoms with Gasteiger partial charge in [-0.3, -0.25) is 0 Å². The lowest BCUT2D eigenvalue weighted by molar-refractivity contribution is 0.0601. The van der Waals surface area contributed by atoms with E-state index in [1.807, 2.05) is 0 Å². The van der Waals surface area contributed by atoms with E-state index in [2.05, 4.69) is 5.16 Å². The van der Waals surface area contributed by atoms with Gasteiger partial charge in [0.15, 0.2) is 0 Å². The van der Waals surface area contributed by atoms with Gasteiger partial charge in [-0.2, -0.15) is 4.31 Å². The minimum atomic E-state index is -3.49. The molecule has 0 bridgehead atoms. The Balaban J connectivity index is 2.83. The zero-order valence-electron chi connectivity index (χ0n) is 11.2. The number of nitrogens with zero attached hydrogens (tertiary/aromatic N) is 2. The van der Waals surface area contributed by atoms with Crippen LogP contribution in [0.25, 0.3) is 0 Å². The Labute approximate surface area is 108 Å². The molecule has 0 atom stereocenters. The summed E-state index contributed by atoms with van der Waals surface area (Å²) >= 11 is 0. The molecular weight excluding hydrogens is 256 g/mol. The zero-order valence-corrected chi connectivity index (χ0v) is 12.0. The number of aliphatic hydroxyl groups is 1. The Morgan fingerprint density at radius 3 is 2.50 bits per heavy atom. The minimum Gasteiger partial charge on any atom is -0.389 e. The lowest BCUT2D eigenvalue weighted by Crippen LogP contribution is -2.42. The molecule has 1 aromatic rings. The predicted octanol–water partition coefficient (Wildman–Crippen LogP) is 0.906. The van der Waals surface area contributed by atoms with Crippen molar-refractivity contribution in [2.24, 2.45) is 0 Å². The normalized spacial score (nSPS) is 13.2. The Kier molecular flexibility index (Phi) is 4.52. The first-order valence-electron chi connectivity index (χ1n) is 5.76. The van der Waals surface area contributed by atoms with Gasteiger partial charge in [-0.05, 0) is 20.8 Å². The summed E-state index contributed by atoms with van der Waals surface area (Å²) in [6, 6.07) is 1.59. The molecule has 0 fully saturated rings. The Bertz CT molecular complexity index is 487. The maximum Gasteiger partial charge on any atom is 0.220 e. The van der Waals surface area contributed by atoms with Crippen molar-refractivity contribution in [3.8, 4) is 0 Å². The van der Waals surface area contributed by atoms with E-state index in [1.165, 1.54) is 4.31 Å². The van der Waals surface area contributed by atoms with Crippen molar-refractivity contribution in [2.75, 3.05) is 13.1 Å². The lowest BCUT2D eigenvalue weighted by atomic mass is 10.1. The van der Waals surface area contributed by atoms with Crippen molar-refractivity contribution in [2.45, 2.75) is 39.0 Å². The monoisotopic (exact) mass is 276 g/mol. The third-order valence-corrected chi connectivity index (χ3v) is 4.15. The van der Waals surface area contributed by atoms with Crippen LogP contribution in [0.15, 0.2) is 10.6 Å². The van der Waals surface area contributed by atoms with Gasteiger partial charge in [-0.25, -0.2) is 8.42 Å². The van der Waals surface area contributed by atoms with E-state index < -0.39 is 15.6 Å². The molecular formula is C11H20N2O4S. The van der Waals surface area contributed by atoms with E-state index in [-0.39, 0.29) is 12.3 Å². The number of aryl methyl sites for hydroxylation is 1. The molecule has 1 rings (SSSR count). The molecule has 18 heavy (non-hydrogen) atoms. The number of rotatable bonds is 6. The van der Waals surface area contributed by atoms with E-state index in [9.17, 15) is 13.5 Å². The highest BCUT2D eigenvalue weighted by Crippen LogP contribution is 2.14. The van der Waals surface area contributed by atoms with Gasteiger partial charge < -0.3 is 9.63 Å². The van der Waals surface area contributed by atoms with Crippen LogP contribution in [-0.2, 0) is 15.8 Å². The summed E-state index contributed by atoms with van der Waals surface area (Å²) in [4.78, 5) is 0. The molecule has 104 valence electrons. The van der Waals surface area contributed by atoms with Crippen molar-refractivity contribution >= 4 is 10.0 Å². The maximum absolute atomic E-state index is 12.2. The molecule has 0 saturated carbocycles. The van der Waals surface area contributed by atoms with Gasteiger partial charge in [0, 0.05) is 19.2 Å². The van der Waals surface area contributed by atoms with E-state index in [0.717, 1.165) is 0 Å². The molecule has 0 spiro atoms. The number of hydrogen-bond donors (Lipinski definition) is 1. The van der Waals surface area contributed by atoms with Crippen LogP contribution >= 0.6 is 0 Å². The SMILES string of the molecule is CCN(CC(C)(C)O)S(=O)(=O)Cc1cc(C)on1. The summed E-state index contributed by atoms with van der Waals surface area (Å²) in [5, 5.41) is 13.4. The first-order valence-corrected chi connectivity index (χ1v) is 7.37. The van der Waals surface area contributed by atoms with Crippen LogP contribution in [0.2, 0.25) is 0 Å². The van der Waals surface area contributed by atoms with Crippen molar-refractivity contribution in [3.63, 3.8) is 0 Å². The third kappa shape index (κ3) is 4.40. The molecule has 0 aliphatic rings. The molecule has 6 nitrogen and oxygen atoms in total. The highest BCUT2D eigenvalue weighted by Gasteiger charge is 2.27. The second-order valence-electron chi connectivity index (χ2n) is 4.92. The van der Waals surface area contributed by atoms with E-state index in [1.54, 1.807) is 33.8 Å². The molecule has 0 saturated heterocycles. The number of likely N-dealkylation sites (N-methyl/N-ethyl adjacent to an activating group) is 1. The van der Waals surface area contributed by atoms with E-state index in [0.29, 0.717) is 18.0 Å². The van der Waals surface area contributed by atoms with Crippen LogP contribution in [0.3, 0.4) is 0 Å². The highest BCUT2D eigenvalue weighted by atomic mass is 32.2. The summed E-state index contributed by atoms with van der Waals surface area (Å²) in [6.45, 7) is 6.96. The van der Waals surface area contributed by atoms with Gasteiger partial charge in [-0.15, -0.1) is 0 Å². The number of aromatic nitrogens is 1. The maximum atomic E-state index is 12.2. The zero-order chi connectivity index (χ0) is 14.0. The van der Waals surface area contributed by atoms with Crippen LogP contribution in [0.4, 0.5) is 0 Å². The van der Waals surface area contributed by atoms with Crippen LogP contribution in [0.5, 0.6) is 0 Å². The summed E-state index contributed by atoms with van der Waals surface area (Å²) in [6.07, 6.45) is 0. The summed E-state index contributed by atoms with van der Waals surface area (Å²) in [7, 11) is -3.49. The topological polar surface area (TPSA) is 83.6 Å². The summed E-state index contributed by atoms with van der Waals surface area (Å²) < 4.78 is 30.4. The molecule has 1 aromatic heterocycles. The van der Waals surface area contributed by atoms with Crippen LogP contribution in [-0.4, -0.2) is 41.7 Å². The van der Waals surface area contributed by atoms with Gasteiger partial charge in [0.1, 0.15) is 17.2 Å². The van der Waals surface area contributed by atoms with E-state index in [4.69, 9.17) is 4.52 Å². The molecule has 0 radical (unpaired) electrons. The van der Waals surface area contributed by atoms with Gasteiger partial charge >= 0.3 is 0 Å². The average Bonchev–Trinajstić information content (AvgIpc) is 2.58. The molecule has 1 heterocycles. The highest BCUT2D eigenvalue weighted by molar-refractivity contribution is 7.88. The van der Waals surface area contributed by atoms with Gasteiger partial charge in [0.2, 0.25) is 10.0 Å². The Morgan fingerprint density at radius 1 is 1.50 bits per heavy atom. The fourth-order valence-corrected chi connectivity index (χ4v) is 3.20. The molecule has 0 aromatic carbocycles. The van der Waals surface area contributed by atoms with Crippen molar-refractivity contribution in [1.29, 1.82) is 0 Å².